The molecule has 0 amide bonds. The maximum Gasteiger partial charge on any atom is 0.303 e. The number of esters is 1. The van der Waals surface area contributed by atoms with Crippen LogP contribution in [0.15, 0.2) is 24.3 Å². The van der Waals surface area contributed by atoms with Crippen LogP contribution in [0.4, 0.5) is 0 Å². The van der Waals surface area contributed by atoms with Crippen molar-refractivity contribution >= 4 is 11.8 Å². The van der Waals surface area contributed by atoms with Gasteiger partial charge in [-0.3, -0.25) is 9.59 Å². The zero-order chi connectivity index (χ0) is 13.8. The van der Waals surface area contributed by atoms with Gasteiger partial charge in [0.15, 0.2) is 5.78 Å². The fourth-order valence-corrected chi connectivity index (χ4v) is 1.74. The van der Waals surface area contributed by atoms with Crippen LogP contribution >= 0.6 is 0 Å². The Morgan fingerprint density at radius 1 is 1.17 bits per heavy atom. The molecular formula is C15H20O3. The van der Waals surface area contributed by atoms with Gasteiger partial charge in [-0.1, -0.05) is 29.8 Å². The van der Waals surface area contributed by atoms with Gasteiger partial charge in [0.2, 0.25) is 0 Å². The maximum atomic E-state index is 11.9. The van der Waals surface area contributed by atoms with E-state index in [2.05, 4.69) is 0 Å². The Morgan fingerprint density at radius 2 is 1.72 bits per heavy atom. The molecule has 0 aromatic heterocycles. The van der Waals surface area contributed by atoms with Crippen molar-refractivity contribution in [1.29, 1.82) is 0 Å². The quantitative estimate of drug-likeness (QED) is 0.593. The number of rotatable bonds is 5. The van der Waals surface area contributed by atoms with Gasteiger partial charge >= 0.3 is 5.97 Å². The summed E-state index contributed by atoms with van der Waals surface area (Å²) in [6.07, 6.45) is 0.905. The van der Waals surface area contributed by atoms with Crippen molar-refractivity contribution in [3.63, 3.8) is 0 Å². The number of ketones is 1. The van der Waals surface area contributed by atoms with Crippen LogP contribution in [0.5, 0.6) is 0 Å². The number of carbonyl (C=O) groups excluding carboxylic acids is 2. The molecule has 0 unspecified atom stereocenters. The van der Waals surface area contributed by atoms with Gasteiger partial charge in [0.05, 0.1) is 0 Å². The van der Waals surface area contributed by atoms with Gasteiger partial charge in [-0.25, -0.2) is 0 Å². The first-order chi connectivity index (χ1) is 8.30. The lowest BCUT2D eigenvalue weighted by molar-refractivity contribution is -0.154. The van der Waals surface area contributed by atoms with Crippen LogP contribution in [0, 0.1) is 6.92 Å². The molecule has 0 spiro atoms. The summed E-state index contributed by atoms with van der Waals surface area (Å²) >= 11 is 0. The van der Waals surface area contributed by atoms with E-state index in [1.807, 2.05) is 45.0 Å². The molecule has 0 saturated carbocycles. The fourth-order valence-electron chi connectivity index (χ4n) is 1.74. The summed E-state index contributed by atoms with van der Waals surface area (Å²) in [7, 11) is 0. The van der Waals surface area contributed by atoms with Crippen molar-refractivity contribution in [2.75, 3.05) is 0 Å². The first-order valence-electron chi connectivity index (χ1n) is 6.09. The molecular weight excluding hydrogens is 228 g/mol. The second-order valence-corrected chi connectivity index (χ2v) is 5.14. The SMILES string of the molecule is CC(=O)OC(C)(C)CCC(=O)c1ccc(C)cc1. The van der Waals surface area contributed by atoms with Crippen molar-refractivity contribution < 1.29 is 14.3 Å². The largest absolute Gasteiger partial charge is 0.460 e. The topological polar surface area (TPSA) is 43.4 Å². The number of ether oxygens (including phenoxy) is 1. The highest BCUT2D eigenvalue weighted by Gasteiger charge is 2.22. The second-order valence-electron chi connectivity index (χ2n) is 5.14. The van der Waals surface area contributed by atoms with Crippen molar-refractivity contribution in [2.45, 2.75) is 46.1 Å². The second kappa shape index (κ2) is 5.80. The Bertz CT molecular complexity index is 430. The molecule has 0 bridgehead atoms. The molecule has 3 heteroatoms. The summed E-state index contributed by atoms with van der Waals surface area (Å²) in [6.45, 7) is 7.00. The van der Waals surface area contributed by atoms with E-state index in [-0.39, 0.29) is 11.8 Å². The zero-order valence-electron chi connectivity index (χ0n) is 11.4. The lowest BCUT2D eigenvalue weighted by Crippen LogP contribution is -2.27. The summed E-state index contributed by atoms with van der Waals surface area (Å²) in [5.74, 6) is -0.238. The highest BCUT2D eigenvalue weighted by molar-refractivity contribution is 5.96. The summed E-state index contributed by atoms with van der Waals surface area (Å²) in [6, 6.07) is 7.50. The zero-order valence-corrected chi connectivity index (χ0v) is 11.4. The third kappa shape index (κ3) is 4.70. The number of hydrogen-bond acceptors (Lipinski definition) is 3. The smallest absolute Gasteiger partial charge is 0.303 e. The molecule has 98 valence electrons. The van der Waals surface area contributed by atoms with E-state index >= 15 is 0 Å². The molecule has 0 aliphatic heterocycles. The maximum absolute atomic E-state index is 11.9. The number of hydrogen-bond donors (Lipinski definition) is 0. The number of aryl methyl sites for hydroxylation is 1. The van der Waals surface area contributed by atoms with E-state index in [1.54, 1.807) is 0 Å². The van der Waals surface area contributed by atoms with E-state index in [0.29, 0.717) is 18.4 Å². The molecule has 3 nitrogen and oxygen atoms in total. The van der Waals surface area contributed by atoms with Crippen molar-refractivity contribution in [3.05, 3.63) is 35.4 Å². The number of carbonyl (C=O) groups is 2. The molecule has 18 heavy (non-hydrogen) atoms. The molecule has 0 heterocycles. The van der Waals surface area contributed by atoms with E-state index in [0.717, 1.165) is 5.56 Å². The third-order valence-corrected chi connectivity index (χ3v) is 2.75. The van der Waals surface area contributed by atoms with Gasteiger partial charge in [0.25, 0.3) is 0 Å². The first kappa shape index (κ1) is 14.4. The van der Waals surface area contributed by atoms with E-state index in [4.69, 9.17) is 4.74 Å². The minimum absolute atomic E-state index is 0.0789. The normalized spacial score (nSPS) is 11.1. The van der Waals surface area contributed by atoms with Gasteiger partial charge in [-0.15, -0.1) is 0 Å². The van der Waals surface area contributed by atoms with Crippen molar-refractivity contribution in [3.8, 4) is 0 Å². The van der Waals surface area contributed by atoms with E-state index < -0.39 is 5.60 Å². The molecule has 0 aliphatic rings. The van der Waals surface area contributed by atoms with Crippen LogP contribution in [0.25, 0.3) is 0 Å². The molecule has 1 rings (SSSR count). The van der Waals surface area contributed by atoms with Crippen LogP contribution in [0.2, 0.25) is 0 Å². The molecule has 0 aliphatic carbocycles. The van der Waals surface area contributed by atoms with Gasteiger partial charge in [0, 0.05) is 18.9 Å². The fraction of sp³-hybridized carbons (Fsp3) is 0.467. The van der Waals surface area contributed by atoms with Crippen molar-refractivity contribution in [2.24, 2.45) is 0 Å². The Morgan fingerprint density at radius 3 is 2.22 bits per heavy atom. The molecule has 0 fully saturated rings. The lowest BCUT2D eigenvalue weighted by Gasteiger charge is -2.23. The summed E-state index contributed by atoms with van der Waals surface area (Å²) in [5.41, 5.74) is 1.25. The Kier molecular flexibility index (Phi) is 4.65. The Balaban J connectivity index is 2.55. The van der Waals surface area contributed by atoms with E-state index in [1.165, 1.54) is 6.92 Å². The summed E-state index contributed by atoms with van der Waals surface area (Å²) in [4.78, 5) is 22.9. The average Bonchev–Trinajstić information content (AvgIpc) is 2.25. The van der Waals surface area contributed by atoms with Crippen LogP contribution in [0.3, 0.4) is 0 Å². The van der Waals surface area contributed by atoms with Crippen molar-refractivity contribution in [1.82, 2.24) is 0 Å². The van der Waals surface area contributed by atoms with Crippen LogP contribution in [-0.2, 0) is 9.53 Å². The lowest BCUT2D eigenvalue weighted by atomic mass is 9.97. The Hall–Kier alpha value is -1.64. The molecule has 1 aromatic rings. The molecule has 0 atom stereocenters. The summed E-state index contributed by atoms with van der Waals surface area (Å²) in [5, 5.41) is 0. The third-order valence-electron chi connectivity index (χ3n) is 2.75. The van der Waals surface area contributed by atoms with Gasteiger partial charge in [0.1, 0.15) is 5.60 Å². The highest BCUT2D eigenvalue weighted by Crippen LogP contribution is 2.19. The predicted molar refractivity (Wildman–Crippen MR) is 70.6 cm³/mol. The number of Topliss-reactive ketones (excluding diaryl/α,β-unsaturated/α-hetero) is 1. The highest BCUT2D eigenvalue weighted by atomic mass is 16.6. The Labute approximate surface area is 108 Å². The predicted octanol–water partition coefficient (Wildman–Crippen LogP) is 3.30. The molecule has 0 N–H and O–H groups in total. The van der Waals surface area contributed by atoms with Crippen LogP contribution < -0.4 is 0 Å². The van der Waals surface area contributed by atoms with E-state index in [9.17, 15) is 9.59 Å². The average molecular weight is 248 g/mol. The molecule has 1 aromatic carbocycles. The monoisotopic (exact) mass is 248 g/mol. The standard InChI is InChI=1S/C15H20O3/c1-11-5-7-13(8-6-11)14(17)9-10-15(3,4)18-12(2)16/h5-8H,9-10H2,1-4H3. The van der Waals surface area contributed by atoms with Gasteiger partial charge < -0.3 is 4.74 Å². The minimum atomic E-state index is -0.591. The summed E-state index contributed by atoms with van der Waals surface area (Å²) < 4.78 is 5.15. The van der Waals surface area contributed by atoms with Crippen LogP contribution in [0.1, 0.15) is 49.5 Å². The van der Waals surface area contributed by atoms with Crippen LogP contribution in [-0.4, -0.2) is 17.4 Å². The van der Waals surface area contributed by atoms with Gasteiger partial charge in [-0.05, 0) is 27.2 Å². The number of benzene rings is 1. The molecule has 0 radical (unpaired) electrons. The molecule has 0 saturated heterocycles. The minimum Gasteiger partial charge on any atom is -0.460 e. The first-order valence-corrected chi connectivity index (χ1v) is 6.09. The van der Waals surface area contributed by atoms with Gasteiger partial charge in [-0.2, -0.15) is 0 Å².